The molecule has 2 aromatic rings. The number of ether oxygens (including phenoxy) is 1. The molecule has 0 aromatic heterocycles. The van der Waals surface area contributed by atoms with Crippen LogP contribution in [0.15, 0.2) is 36.4 Å². The molecule has 0 heterocycles. The zero-order valence-electron chi connectivity index (χ0n) is 35.4. The predicted molar refractivity (Wildman–Crippen MR) is 224 cm³/mol. The summed E-state index contributed by atoms with van der Waals surface area (Å²) in [6.45, 7) is 14.2. The third-order valence-corrected chi connectivity index (χ3v) is 12.5. The Morgan fingerprint density at radius 2 is 1.28 bits per heavy atom. The summed E-state index contributed by atoms with van der Waals surface area (Å²) in [6, 6.07) is 11.2. The van der Waals surface area contributed by atoms with E-state index in [0.29, 0.717) is 15.6 Å². The van der Waals surface area contributed by atoms with Gasteiger partial charge in [0.05, 0.1) is 13.0 Å². The Kier molecular flexibility index (Phi) is 17.6. The van der Waals surface area contributed by atoms with Crippen molar-refractivity contribution < 1.29 is 42.1 Å². The van der Waals surface area contributed by atoms with Gasteiger partial charge in [-0.15, -0.1) is 0 Å². The molecule has 1 amide bonds. The number of carbonyl (C=O) groups excluding carboxylic acids is 2. The van der Waals surface area contributed by atoms with Gasteiger partial charge in [0.1, 0.15) is 0 Å². The molecule has 2 saturated carbocycles. The van der Waals surface area contributed by atoms with Crippen LogP contribution in [0.2, 0.25) is 10.0 Å². The maximum atomic E-state index is 14.3. The van der Waals surface area contributed by atoms with Crippen LogP contribution in [0.4, 0.5) is 17.6 Å². The second kappa shape index (κ2) is 20.4. The molecule has 13 heteroatoms. The molecule has 0 saturated heterocycles. The summed E-state index contributed by atoms with van der Waals surface area (Å²) < 4.78 is 60.7. The van der Waals surface area contributed by atoms with E-state index < -0.39 is 53.6 Å². The first-order chi connectivity index (χ1) is 26.8. The van der Waals surface area contributed by atoms with Gasteiger partial charge in [-0.3, -0.25) is 9.59 Å². The van der Waals surface area contributed by atoms with Crippen molar-refractivity contribution in [1.82, 2.24) is 5.32 Å². The van der Waals surface area contributed by atoms with E-state index in [-0.39, 0.29) is 81.4 Å². The Labute approximate surface area is 353 Å². The molecule has 2 aliphatic carbocycles. The molecule has 58 heavy (non-hydrogen) atoms. The lowest BCUT2D eigenvalue weighted by Crippen LogP contribution is -2.52. The monoisotopic (exact) mass is 860 g/mol. The number of hydrogen-bond donors (Lipinski definition) is 4. The van der Waals surface area contributed by atoms with Crippen LogP contribution in [-0.4, -0.2) is 60.3 Å². The van der Waals surface area contributed by atoms with Gasteiger partial charge in [-0.2, -0.15) is 0 Å². The van der Waals surface area contributed by atoms with Gasteiger partial charge in [0.25, 0.3) is 0 Å². The number of esters is 1. The van der Waals surface area contributed by atoms with Gasteiger partial charge in [0.15, 0.2) is 0 Å². The van der Waals surface area contributed by atoms with Gasteiger partial charge < -0.3 is 26.0 Å². The van der Waals surface area contributed by atoms with Crippen LogP contribution in [0.5, 0.6) is 0 Å². The van der Waals surface area contributed by atoms with Gasteiger partial charge in [0, 0.05) is 78.8 Å². The molecule has 0 aliphatic heterocycles. The number of alkyl halides is 4. The second-order valence-corrected chi connectivity index (χ2v) is 19.7. The maximum absolute atomic E-state index is 14.3. The van der Waals surface area contributed by atoms with Crippen molar-refractivity contribution in [3.63, 3.8) is 0 Å². The zero-order valence-corrected chi connectivity index (χ0v) is 36.9. The summed E-state index contributed by atoms with van der Waals surface area (Å²) in [6.07, 6.45) is 2.22. The Bertz CT molecular complexity index is 1680. The van der Waals surface area contributed by atoms with E-state index in [2.05, 4.69) is 46.9 Å². The van der Waals surface area contributed by atoms with Crippen molar-refractivity contribution in [1.29, 1.82) is 0 Å². The van der Waals surface area contributed by atoms with E-state index in [4.69, 9.17) is 33.7 Å². The summed E-state index contributed by atoms with van der Waals surface area (Å²) in [5.74, 6) is -7.90. The number of benzene rings is 2. The number of halogens is 6. The fourth-order valence-corrected chi connectivity index (χ4v) is 8.62. The van der Waals surface area contributed by atoms with E-state index in [0.717, 1.165) is 42.4 Å². The first-order valence-electron chi connectivity index (χ1n) is 20.5. The third-order valence-electron chi connectivity index (χ3n) is 11.8. The predicted octanol–water partition coefficient (Wildman–Crippen LogP) is 10.3. The molecule has 2 aromatic carbocycles. The van der Waals surface area contributed by atoms with Gasteiger partial charge >= 0.3 is 5.97 Å². The number of aliphatic hydroxyl groups excluding tert-OH is 2. The number of aryl methyl sites for hydroxylation is 2. The van der Waals surface area contributed by atoms with Crippen molar-refractivity contribution in [3.05, 3.63) is 68.7 Å². The van der Waals surface area contributed by atoms with Gasteiger partial charge in [0.2, 0.25) is 17.8 Å². The lowest BCUT2D eigenvalue weighted by Gasteiger charge is -2.46. The minimum absolute atomic E-state index is 0.0301. The Morgan fingerprint density at radius 3 is 1.76 bits per heavy atom. The SMILES string of the molecule is CC(C)(C)CCc1ccc(C2(N)CCC(F)(F)CC2CO)cc1Cl.CCOC(=O)CCNC(=O)CC1(c2ccc(CCC(C)(C)C)c(Cl)c2)CCC(F)(F)CC1CO. The molecule has 5 N–H and O–H groups in total. The lowest BCUT2D eigenvalue weighted by molar-refractivity contribution is -0.143. The highest BCUT2D eigenvalue weighted by Gasteiger charge is 2.52. The number of hydrogen-bond acceptors (Lipinski definition) is 6. The molecular formula is C45H66Cl2F4N2O5. The Morgan fingerprint density at radius 1 is 0.793 bits per heavy atom. The maximum Gasteiger partial charge on any atom is 0.307 e. The fourth-order valence-electron chi connectivity index (χ4n) is 8.07. The molecule has 2 fully saturated rings. The van der Waals surface area contributed by atoms with Crippen molar-refractivity contribution in [3.8, 4) is 0 Å². The molecule has 328 valence electrons. The molecule has 2 aliphatic rings. The highest BCUT2D eigenvalue weighted by molar-refractivity contribution is 6.31. The zero-order chi connectivity index (χ0) is 43.7. The lowest BCUT2D eigenvalue weighted by atomic mass is 9.60. The van der Waals surface area contributed by atoms with Crippen LogP contribution < -0.4 is 11.1 Å². The quantitative estimate of drug-likeness (QED) is 0.111. The van der Waals surface area contributed by atoms with Crippen molar-refractivity contribution in [2.24, 2.45) is 28.4 Å². The van der Waals surface area contributed by atoms with Gasteiger partial charge in [-0.05, 0) is 96.6 Å². The van der Waals surface area contributed by atoms with E-state index in [9.17, 15) is 37.4 Å². The highest BCUT2D eigenvalue weighted by atomic mass is 35.5. The van der Waals surface area contributed by atoms with E-state index in [1.807, 2.05) is 24.3 Å². The van der Waals surface area contributed by atoms with Crippen molar-refractivity contribution in [2.45, 2.75) is 148 Å². The van der Waals surface area contributed by atoms with Crippen LogP contribution in [0.1, 0.15) is 135 Å². The first kappa shape index (κ1) is 49.9. The van der Waals surface area contributed by atoms with Gasteiger partial charge in [-0.1, -0.05) is 89.0 Å². The van der Waals surface area contributed by atoms with E-state index in [1.165, 1.54) is 0 Å². The molecule has 0 spiro atoms. The van der Waals surface area contributed by atoms with Crippen molar-refractivity contribution >= 4 is 35.1 Å². The summed E-state index contributed by atoms with van der Waals surface area (Å²) in [7, 11) is 0. The third kappa shape index (κ3) is 14.3. The van der Waals surface area contributed by atoms with E-state index in [1.54, 1.807) is 19.1 Å². The minimum atomic E-state index is -2.90. The van der Waals surface area contributed by atoms with Crippen LogP contribution in [0.3, 0.4) is 0 Å². The summed E-state index contributed by atoms with van der Waals surface area (Å²) in [4.78, 5) is 24.4. The van der Waals surface area contributed by atoms with Gasteiger partial charge in [-0.25, -0.2) is 17.6 Å². The summed E-state index contributed by atoms with van der Waals surface area (Å²) >= 11 is 13.0. The first-order valence-corrected chi connectivity index (χ1v) is 21.3. The van der Waals surface area contributed by atoms with Crippen LogP contribution >= 0.6 is 23.2 Å². The number of carbonyl (C=O) groups is 2. The average molecular weight is 862 g/mol. The number of nitrogens with two attached hydrogens (primary N) is 1. The average Bonchev–Trinajstić information content (AvgIpc) is 3.12. The second-order valence-electron chi connectivity index (χ2n) is 18.9. The van der Waals surface area contributed by atoms with E-state index >= 15 is 0 Å². The number of amides is 1. The highest BCUT2D eigenvalue weighted by Crippen LogP contribution is 2.52. The van der Waals surface area contributed by atoms with Crippen LogP contribution in [-0.2, 0) is 38.1 Å². The summed E-state index contributed by atoms with van der Waals surface area (Å²) in [5.41, 5.74) is 8.33. The molecule has 4 atom stereocenters. The summed E-state index contributed by atoms with van der Waals surface area (Å²) in [5, 5.41) is 23.5. The molecule has 7 nitrogen and oxygen atoms in total. The number of rotatable bonds is 14. The van der Waals surface area contributed by atoms with Crippen LogP contribution in [0.25, 0.3) is 0 Å². The minimum Gasteiger partial charge on any atom is -0.466 e. The normalized spacial score (nSPS) is 24.3. The topological polar surface area (TPSA) is 122 Å². The Balaban J connectivity index is 0.000000329. The smallest absolute Gasteiger partial charge is 0.307 e. The fraction of sp³-hybridized carbons (Fsp3) is 0.689. The van der Waals surface area contributed by atoms with Crippen molar-refractivity contribution in [2.75, 3.05) is 26.4 Å². The largest absolute Gasteiger partial charge is 0.466 e. The molecule has 0 bridgehead atoms. The van der Waals surface area contributed by atoms with Crippen LogP contribution in [0, 0.1) is 22.7 Å². The molecule has 4 rings (SSSR count). The standard InChI is InChI=1S/C26H38ClF2NO4.C19H28ClF2NO/c1-5-34-23(33)9-13-30-22(32)16-25(11-12-26(28,29)15-20(25)17-31)19-7-6-18(21(27)14-19)8-10-24(2,3)4;1-17(2,3)7-6-13-4-5-14(10-16(13)20)19(23)9-8-18(21,22)11-15(19)12-24/h6-7,14,20,31H,5,8-13,15-17H2,1-4H3,(H,30,32);4-5,10,15,24H,6-9,11-12,23H2,1-3H3. The molecule has 4 unspecified atom stereocenters. The number of nitrogens with one attached hydrogen (secondary N) is 1. The number of aliphatic hydroxyl groups is 2. The Hall–Kier alpha value is -2.44. The molecular weight excluding hydrogens is 795 g/mol. The molecule has 0 radical (unpaired) electrons.